The molecule has 1 fully saturated rings. The Hall–Kier alpha value is -2.09. The molecule has 1 heterocycles. The minimum absolute atomic E-state index is 0.0699. The summed E-state index contributed by atoms with van der Waals surface area (Å²) in [5, 5.41) is 11.7. The minimum Gasteiger partial charge on any atom is -0.469 e. The molecule has 0 N–H and O–H groups in total. The van der Waals surface area contributed by atoms with Crippen LogP contribution in [0.1, 0.15) is 18.4 Å². The molecule has 8 heteroatoms. The average molecular weight is 337 g/mol. The summed E-state index contributed by atoms with van der Waals surface area (Å²) in [4.78, 5) is 28.3. The van der Waals surface area contributed by atoms with E-state index in [2.05, 4.69) is 14.6 Å². The summed E-state index contributed by atoms with van der Waals surface area (Å²) in [5.74, 6) is 0.741. The SMILES string of the molecule is COC(=O)CCCN1CCSC1=Nc1ccc([N+](=O)[O-])cc1C. The maximum Gasteiger partial charge on any atom is 0.305 e. The average Bonchev–Trinajstić information content (AvgIpc) is 2.96. The lowest BCUT2D eigenvalue weighted by Crippen LogP contribution is -2.26. The van der Waals surface area contributed by atoms with Crippen molar-refractivity contribution < 1.29 is 14.5 Å². The number of aryl methyl sites for hydroxylation is 1. The van der Waals surface area contributed by atoms with Gasteiger partial charge in [-0.2, -0.15) is 0 Å². The molecule has 0 atom stereocenters. The zero-order chi connectivity index (χ0) is 16.8. The smallest absolute Gasteiger partial charge is 0.305 e. The molecule has 1 saturated heterocycles. The summed E-state index contributed by atoms with van der Waals surface area (Å²) in [5.41, 5.74) is 1.58. The number of rotatable bonds is 6. The molecule has 0 radical (unpaired) electrons. The van der Waals surface area contributed by atoms with Crippen LogP contribution >= 0.6 is 11.8 Å². The number of hydrogen-bond donors (Lipinski definition) is 0. The second-order valence-corrected chi connectivity index (χ2v) is 6.20. The first-order valence-electron chi connectivity index (χ1n) is 7.29. The summed E-state index contributed by atoms with van der Waals surface area (Å²) in [6.45, 7) is 3.44. The Balaban J connectivity index is 2.05. The highest BCUT2D eigenvalue weighted by molar-refractivity contribution is 8.14. The molecule has 0 spiro atoms. The Bertz CT molecular complexity index is 633. The molecule has 0 aromatic heterocycles. The largest absolute Gasteiger partial charge is 0.469 e. The van der Waals surface area contributed by atoms with E-state index in [1.165, 1.54) is 19.2 Å². The van der Waals surface area contributed by atoms with Crippen molar-refractivity contribution in [3.63, 3.8) is 0 Å². The van der Waals surface area contributed by atoms with Crippen LogP contribution in [0.3, 0.4) is 0 Å². The van der Waals surface area contributed by atoms with Crippen LogP contribution in [0.4, 0.5) is 11.4 Å². The number of non-ortho nitro benzene ring substituents is 1. The number of aliphatic imine (C=N–C) groups is 1. The van der Waals surface area contributed by atoms with Gasteiger partial charge in [0.25, 0.3) is 5.69 Å². The van der Waals surface area contributed by atoms with Crippen LogP contribution in [-0.4, -0.2) is 46.9 Å². The van der Waals surface area contributed by atoms with Crippen molar-refractivity contribution >= 4 is 34.3 Å². The first kappa shape index (κ1) is 17.3. The van der Waals surface area contributed by atoms with Crippen LogP contribution in [0.15, 0.2) is 23.2 Å². The molecule has 1 aliphatic rings. The fourth-order valence-corrected chi connectivity index (χ4v) is 3.26. The highest BCUT2D eigenvalue weighted by Crippen LogP contribution is 2.27. The van der Waals surface area contributed by atoms with E-state index in [0.717, 1.165) is 35.3 Å². The van der Waals surface area contributed by atoms with E-state index in [9.17, 15) is 14.9 Å². The molecule has 7 nitrogen and oxygen atoms in total. The van der Waals surface area contributed by atoms with Gasteiger partial charge in [-0.3, -0.25) is 14.9 Å². The Labute approximate surface area is 138 Å². The maximum atomic E-state index is 11.2. The molecule has 0 aliphatic carbocycles. The van der Waals surface area contributed by atoms with Crippen LogP contribution in [0.25, 0.3) is 0 Å². The van der Waals surface area contributed by atoms with Crippen LogP contribution in [-0.2, 0) is 9.53 Å². The lowest BCUT2D eigenvalue weighted by atomic mass is 10.2. The van der Waals surface area contributed by atoms with E-state index in [1.807, 2.05) is 6.92 Å². The number of nitro benzene ring substituents is 1. The molecular formula is C15H19N3O4S. The third-order valence-corrected chi connectivity index (χ3v) is 4.50. The van der Waals surface area contributed by atoms with E-state index < -0.39 is 4.92 Å². The monoisotopic (exact) mass is 337 g/mol. The number of carbonyl (C=O) groups excluding carboxylic acids is 1. The number of amidine groups is 1. The van der Waals surface area contributed by atoms with Crippen molar-refractivity contribution in [3.05, 3.63) is 33.9 Å². The number of ether oxygens (including phenoxy) is 1. The van der Waals surface area contributed by atoms with Crippen molar-refractivity contribution in [2.75, 3.05) is 26.0 Å². The summed E-state index contributed by atoms with van der Waals surface area (Å²) >= 11 is 1.65. The molecule has 0 bridgehead atoms. The van der Waals surface area contributed by atoms with E-state index in [4.69, 9.17) is 0 Å². The van der Waals surface area contributed by atoms with Crippen molar-refractivity contribution in [2.45, 2.75) is 19.8 Å². The fraction of sp³-hybridized carbons (Fsp3) is 0.467. The van der Waals surface area contributed by atoms with Crippen LogP contribution in [0.2, 0.25) is 0 Å². The molecule has 0 unspecified atom stereocenters. The number of benzene rings is 1. The van der Waals surface area contributed by atoms with Crippen molar-refractivity contribution in [1.82, 2.24) is 4.90 Å². The molecule has 1 aliphatic heterocycles. The number of nitrogens with zero attached hydrogens (tertiary/aromatic N) is 3. The number of nitro groups is 1. The fourth-order valence-electron chi connectivity index (χ4n) is 2.24. The van der Waals surface area contributed by atoms with Gasteiger partial charge in [0.1, 0.15) is 0 Å². The van der Waals surface area contributed by atoms with Crippen LogP contribution < -0.4 is 0 Å². The van der Waals surface area contributed by atoms with E-state index >= 15 is 0 Å². The van der Waals surface area contributed by atoms with Crippen LogP contribution in [0, 0.1) is 17.0 Å². The van der Waals surface area contributed by atoms with Gasteiger partial charge in [0.05, 0.1) is 17.7 Å². The normalized spacial score (nSPS) is 15.9. The topological polar surface area (TPSA) is 85.0 Å². The van der Waals surface area contributed by atoms with Gasteiger partial charge < -0.3 is 9.64 Å². The zero-order valence-corrected chi connectivity index (χ0v) is 14.0. The lowest BCUT2D eigenvalue weighted by Gasteiger charge is -2.17. The van der Waals surface area contributed by atoms with E-state index in [0.29, 0.717) is 12.8 Å². The number of thioether (sulfide) groups is 1. The van der Waals surface area contributed by atoms with Gasteiger partial charge in [-0.1, -0.05) is 11.8 Å². The van der Waals surface area contributed by atoms with Gasteiger partial charge in [-0.05, 0) is 25.0 Å². The third-order valence-electron chi connectivity index (χ3n) is 3.51. The molecule has 2 rings (SSSR count). The van der Waals surface area contributed by atoms with Crippen LogP contribution in [0.5, 0.6) is 0 Å². The predicted octanol–water partition coefficient (Wildman–Crippen LogP) is 2.89. The van der Waals surface area contributed by atoms with Crippen molar-refractivity contribution in [2.24, 2.45) is 4.99 Å². The van der Waals surface area contributed by atoms with E-state index in [-0.39, 0.29) is 11.7 Å². The Morgan fingerprint density at radius 2 is 2.30 bits per heavy atom. The number of methoxy groups -OCH3 is 1. The molecule has 0 amide bonds. The second kappa shape index (κ2) is 7.96. The highest BCUT2D eigenvalue weighted by Gasteiger charge is 2.20. The van der Waals surface area contributed by atoms with Gasteiger partial charge in [0, 0.05) is 37.4 Å². The summed E-state index contributed by atoms with van der Waals surface area (Å²) in [7, 11) is 1.39. The van der Waals surface area contributed by atoms with Gasteiger partial charge in [0.2, 0.25) is 0 Å². The van der Waals surface area contributed by atoms with Gasteiger partial charge >= 0.3 is 5.97 Å². The van der Waals surface area contributed by atoms with Gasteiger partial charge in [-0.25, -0.2) is 4.99 Å². The summed E-state index contributed by atoms with van der Waals surface area (Å²) in [6.07, 6.45) is 1.10. The summed E-state index contributed by atoms with van der Waals surface area (Å²) in [6, 6.07) is 4.67. The molecule has 1 aromatic carbocycles. The molecule has 1 aromatic rings. The van der Waals surface area contributed by atoms with Gasteiger partial charge in [0.15, 0.2) is 5.17 Å². The molecule has 23 heavy (non-hydrogen) atoms. The summed E-state index contributed by atoms with van der Waals surface area (Å²) < 4.78 is 4.64. The van der Waals surface area contributed by atoms with Crippen molar-refractivity contribution in [1.29, 1.82) is 0 Å². The van der Waals surface area contributed by atoms with E-state index in [1.54, 1.807) is 17.8 Å². The zero-order valence-electron chi connectivity index (χ0n) is 13.2. The predicted molar refractivity (Wildman–Crippen MR) is 90.2 cm³/mol. The second-order valence-electron chi connectivity index (χ2n) is 5.14. The number of hydrogen-bond acceptors (Lipinski definition) is 6. The molecule has 0 saturated carbocycles. The third kappa shape index (κ3) is 4.69. The lowest BCUT2D eigenvalue weighted by molar-refractivity contribution is -0.384. The number of carbonyl (C=O) groups is 1. The maximum absolute atomic E-state index is 11.2. The minimum atomic E-state index is -0.409. The highest BCUT2D eigenvalue weighted by atomic mass is 32.2. The first-order valence-corrected chi connectivity index (χ1v) is 8.28. The van der Waals surface area contributed by atoms with Crippen molar-refractivity contribution in [3.8, 4) is 0 Å². The molecule has 124 valence electrons. The molecular weight excluding hydrogens is 318 g/mol. The standard InChI is InChI=1S/C15H19N3O4S/c1-11-10-12(18(20)21)5-6-13(11)16-15-17(8-9-23-15)7-3-4-14(19)22-2/h5-6,10H,3-4,7-9H2,1-2H3. The van der Waals surface area contributed by atoms with Gasteiger partial charge in [-0.15, -0.1) is 0 Å². The number of esters is 1. The Morgan fingerprint density at radius 3 is 2.96 bits per heavy atom. The Kier molecular flexibility index (Phi) is 5.97. The quantitative estimate of drug-likeness (QED) is 0.451. The first-order chi connectivity index (χ1) is 11.0. The Morgan fingerprint density at radius 1 is 1.52 bits per heavy atom.